The average Bonchev–Trinajstić information content (AvgIpc) is 2.74. The number of halogens is 2. The van der Waals surface area contributed by atoms with Crippen molar-refractivity contribution in [1.29, 1.82) is 0 Å². The van der Waals surface area contributed by atoms with Crippen LogP contribution in [-0.2, 0) is 6.42 Å². The van der Waals surface area contributed by atoms with Gasteiger partial charge in [0.2, 0.25) is 0 Å². The minimum Gasteiger partial charge on any atom is -0.388 e. The Morgan fingerprint density at radius 2 is 2.12 bits per heavy atom. The van der Waals surface area contributed by atoms with Gasteiger partial charge in [-0.15, -0.1) is 11.3 Å². The lowest BCUT2D eigenvalue weighted by atomic mass is 10.1. The number of benzene rings is 1. The van der Waals surface area contributed by atoms with E-state index in [2.05, 4.69) is 15.9 Å². The molecule has 1 N–H and O–H groups in total. The molecular formula is C12H10BrFOS. The summed E-state index contributed by atoms with van der Waals surface area (Å²) in [7, 11) is 0. The molecule has 0 aliphatic heterocycles. The summed E-state index contributed by atoms with van der Waals surface area (Å²) in [5, 5.41) is 12.0. The Morgan fingerprint density at radius 1 is 1.31 bits per heavy atom. The molecule has 16 heavy (non-hydrogen) atoms. The third-order valence-corrected chi connectivity index (χ3v) is 4.05. The lowest BCUT2D eigenvalue weighted by molar-refractivity contribution is 0.178. The molecule has 1 aromatic heterocycles. The summed E-state index contributed by atoms with van der Waals surface area (Å²) in [5.41, 5.74) is 0.591. The number of rotatable bonds is 3. The molecule has 1 atom stereocenters. The SMILES string of the molecule is OC(Cc1cccs1)c1cccc(F)c1Br. The first kappa shape index (κ1) is 11.8. The lowest BCUT2D eigenvalue weighted by Crippen LogP contribution is -2.02. The first-order valence-electron chi connectivity index (χ1n) is 4.83. The molecule has 0 radical (unpaired) electrons. The molecule has 1 unspecified atom stereocenters. The molecule has 0 aliphatic rings. The first-order valence-corrected chi connectivity index (χ1v) is 6.50. The number of aliphatic hydroxyl groups excluding tert-OH is 1. The Kier molecular flexibility index (Phi) is 3.74. The summed E-state index contributed by atoms with van der Waals surface area (Å²) in [6.45, 7) is 0. The van der Waals surface area contributed by atoms with Crippen molar-refractivity contribution in [3.05, 3.63) is 56.4 Å². The Bertz CT molecular complexity index is 470. The normalized spacial score (nSPS) is 12.7. The van der Waals surface area contributed by atoms with Crippen molar-refractivity contribution in [1.82, 2.24) is 0 Å². The molecule has 0 spiro atoms. The van der Waals surface area contributed by atoms with Crippen LogP contribution in [0.3, 0.4) is 0 Å². The highest BCUT2D eigenvalue weighted by Crippen LogP contribution is 2.29. The molecule has 84 valence electrons. The Hall–Kier alpha value is -0.710. The highest BCUT2D eigenvalue weighted by Gasteiger charge is 2.14. The molecule has 0 saturated carbocycles. The number of aliphatic hydroxyl groups is 1. The molecule has 1 heterocycles. The summed E-state index contributed by atoms with van der Waals surface area (Å²) in [4.78, 5) is 1.09. The van der Waals surface area contributed by atoms with Gasteiger partial charge in [-0.3, -0.25) is 0 Å². The van der Waals surface area contributed by atoms with Crippen LogP contribution in [0.25, 0.3) is 0 Å². The van der Waals surface area contributed by atoms with Crippen molar-refractivity contribution >= 4 is 27.3 Å². The van der Waals surface area contributed by atoms with Crippen LogP contribution in [0.4, 0.5) is 4.39 Å². The fraction of sp³-hybridized carbons (Fsp3) is 0.167. The van der Waals surface area contributed by atoms with Crippen molar-refractivity contribution in [3.8, 4) is 0 Å². The van der Waals surface area contributed by atoms with Crippen molar-refractivity contribution in [2.75, 3.05) is 0 Å². The van der Waals surface area contributed by atoms with E-state index in [1.807, 2.05) is 17.5 Å². The van der Waals surface area contributed by atoms with Crippen LogP contribution in [0.15, 0.2) is 40.2 Å². The predicted molar refractivity (Wildman–Crippen MR) is 67.1 cm³/mol. The molecule has 0 saturated heterocycles. The van der Waals surface area contributed by atoms with Gasteiger partial charge >= 0.3 is 0 Å². The molecule has 0 amide bonds. The van der Waals surface area contributed by atoms with Gasteiger partial charge in [-0.25, -0.2) is 4.39 Å². The van der Waals surface area contributed by atoms with Crippen LogP contribution in [0.1, 0.15) is 16.5 Å². The van der Waals surface area contributed by atoms with Crippen LogP contribution < -0.4 is 0 Å². The molecule has 0 aliphatic carbocycles. The van der Waals surface area contributed by atoms with Gasteiger partial charge in [0.15, 0.2) is 0 Å². The second-order valence-corrected chi connectivity index (χ2v) is 5.27. The van der Waals surface area contributed by atoms with Crippen molar-refractivity contribution in [3.63, 3.8) is 0 Å². The molecule has 2 aromatic rings. The molecule has 2 rings (SSSR count). The second-order valence-electron chi connectivity index (χ2n) is 3.44. The first-order chi connectivity index (χ1) is 7.68. The average molecular weight is 301 g/mol. The molecule has 0 bridgehead atoms. The van der Waals surface area contributed by atoms with Gasteiger partial charge < -0.3 is 5.11 Å². The van der Waals surface area contributed by atoms with E-state index < -0.39 is 6.10 Å². The summed E-state index contributed by atoms with van der Waals surface area (Å²) < 4.78 is 13.6. The van der Waals surface area contributed by atoms with Gasteiger partial charge in [0.25, 0.3) is 0 Å². The number of hydrogen-bond acceptors (Lipinski definition) is 2. The Morgan fingerprint density at radius 3 is 2.81 bits per heavy atom. The Balaban J connectivity index is 2.21. The number of hydrogen-bond donors (Lipinski definition) is 1. The lowest BCUT2D eigenvalue weighted by Gasteiger charge is -2.12. The third-order valence-electron chi connectivity index (χ3n) is 2.32. The van der Waals surface area contributed by atoms with Crippen LogP contribution in [0, 0.1) is 5.82 Å². The summed E-state index contributed by atoms with van der Waals surface area (Å²) >= 11 is 4.74. The maximum absolute atomic E-state index is 13.3. The highest BCUT2D eigenvalue weighted by atomic mass is 79.9. The monoisotopic (exact) mass is 300 g/mol. The second kappa shape index (κ2) is 5.08. The van der Waals surface area contributed by atoms with Gasteiger partial charge in [0, 0.05) is 11.3 Å². The van der Waals surface area contributed by atoms with E-state index in [0.29, 0.717) is 16.5 Å². The quantitative estimate of drug-likeness (QED) is 0.911. The van der Waals surface area contributed by atoms with Crippen LogP contribution in [0.2, 0.25) is 0 Å². The van der Waals surface area contributed by atoms with E-state index in [1.54, 1.807) is 23.5 Å². The maximum atomic E-state index is 13.3. The smallest absolute Gasteiger partial charge is 0.137 e. The predicted octanol–water partition coefficient (Wildman–Crippen LogP) is 3.93. The molecule has 1 aromatic carbocycles. The van der Waals surface area contributed by atoms with Crippen LogP contribution in [-0.4, -0.2) is 5.11 Å². The zero-order valence-electron chi connectivity index (χ0n) is 8.36. The van der Waals surface area contributed by atoms with Crippen molar-refractivity contribution in [2.45, 2.75) is 12.5 Å². The summed E-state index contributed by atoms with van der Waals surface area (Å²) in [6.07, 6.45) is -0.163. The zero-order valence-corrected chi connectivity index (χ0v) is 10.8. The highest BCUT2D eigenvalue weighted by molar-refractivity contribution is 9.10. The number of thiophene rings is 1. The molecular weight excluding hydrogens is 291 g/mol. The minimum atomic E-state index is -0.677. The van der Waals surface area contributed by atoms with E-state index in [4.69, 9.17) is 0 Å². The molecule has 4 heteroatoms. The molecule has 1 nitrogen and oxygen atoms in total. The summed E-state index contributed by atoms with van der Waals surface area (Å²) in [5.74, 6) is -0.345. The molecule has 0 fully saturated rings. The summed E-state index contributed by atoms with van der Waals surface area (Å²) in [6, 6.07) is 8.60. The third kappa shape index (κ3) is 2.51. The van der Waals surface area contributed by atoms with Gasteiger partial charge in [0.1, 0.15) is 5.82 Å². The van der Waals surface area contributed by atoms with Crippen LogP contribution in [0.5, 0.6) is 0 Å². The fourth-order valence-electron chi connectivity index (χ4n) is 1.51. The van der Waals surface area contributed by atoms with Gasteiger partial charge in [-0.1, -0.05) is 18.2 Å². The van der Waals surface area contributed by atoms with E-state index in [1.165, 1.54) is 6.07 Å². The van der Waals surface area contributed by atoms with Crippen LogP contribution >= 0.6 is 27.3 Å². The largest absolute Gasteiger partial charge is 0.388 e. The van der Waals surface area contributed by atoms with Crippen molar-refractivity contribution < 1.29 is 9.50 Å². The minimum absolute atomic E-state index is 0.345. The van der Waals surface area contributed by atoms with E-state index in [9.17, 15) is 9.50 Å². The van der Waals surface area contributed by atoms with E-state index >= 15 is 0 Å². The fourth-order valence-corrected chi connectivity index (χ4v) is 2.78. The van der Waals surface area contributed by atoms with Gasteiger partial charge in [0.05, 0.1) is 10.6 Å². The van der Waals surface area contributed by atoms with Crippen molar-refractivity contribution in [2.24, 2.45) is 0 Å². The van der Waals surface area contributed by atoms with Gasteiger partial charge in [-0.05, 0) is 39.0 Å². The zero-order chi connectivity index (χ0) is 11.5. The Labute approximate surface area is 106 Å². The standard InChI is InChI=1S/C12H10BrFOS/c13-12-9(4-1-5-10(12)14)11(15)7-8-3-2-6-16-8/h1-6,11,15H,7H2. The van der Waals surface area contributed by atoms with E-state index in [-0.39, 0.29) is 5.82 Å². The topological polar surface area (TPSA) is 20.2 Å². The van der Waals surface area contributed by atoms with E-state index in [0.717, 1.165) is 4.88 Å². The maximum Gasteiger partial charge on any atom is 0.137 e. The van der Waals surface area contributed by atoms with Gasteiger partial charge in [-0.2, -0.15) is 0 Å².